The number of benzene rings is 1. The molecule has 0 saturated carbocycles. The van der Waals surface area contributed by atoms with Crippen molar-refractivity contribution in [3.63, 3.8) is 0 Å². The van der Waals surface area contributed by atoms with E-state index in [1.165, 1.54) is 0 Å². The second-order valence-corrected chi connectivity index (χ2v) is 4.57. The fourth-order valence-corrected chi connectivity index (χ4v) is 2.09. The average molecular weight is 259 g/mol. The minimum absolute atomic E-state index is 0.209. The molecule has 2 N–H and O–H groups in total. The summed E-state index contributed by atoms with van der Waals surface area (Å²) in [5.74, 6) is 0.209. The van der Waals surface area contributed by atoms with E-state index in [4.69, 9.17) is 17.3 Å². The van der Waals surface area contributed by atoms with Crippen molar-refractivity contribution < 1.29 is 0 Å². The minimum atomic E-state index is 0.209. The number of hydrogen-bond donors (Lipinski definition) is 1. The molecule has 1 atom stereocenters. The molecule has 0 spiro atoms. The van der Waals surface area contributed by atoms with Gasteiger partial charge in [0.25, 0.3) is 0 Å². The maximum absolute atomic E-state index is 6.10. The van der Waals surface area contributed by atoms with Crippen molar-refractivity contribution in [2.75, 3.05) is 5.73 Å². The van der Waals surface area contributed by atoms with Gasteiger partial charge >= 0.3 is 0 Å². The molecule has 0 aliphatic heterocycles. The first-order chi connectivity index (χ1) is 8.63. The molecule has 1 aromatic heterocycles. The Hall–Kier alpha value is -1.80. The number of nitrogens with two attached hydrogens (primary N) is 1. The summed E-state index contributed by atoms with van der Waals surface area (Å²) in [7, 11) is 0. The molecular weight excluding hydrogens is 244 g/mol. The predicted octanol–water partition coefficient (Wildman–Crippen LogP) is 4.27. The lowest BCUT2D eigenvalue weighted by Crippen LogP contribution is -1.97. The average Bonchev–Trinajstić information content (AvgIpc) is 2.39. The summed E-state index contributed by atoms with van der Waals surface area (Å²) in [6.07, 6.45) is 3.55. The summed E-state index contributed by atoms with van der Waals surface area (Å²) >= 11 is 6.10. The van der Waals surface area contributed by atoms with Crippen LogP contribution in [0.5, 0.6) is 0 Å². The number of aromatic nitrogens is 1. The smallest absolute Gasteiger partial charge is 0.136 e. The zero-order valence-electron chi connectivity index (χ0n) is 10.2. The molecule has 92 valence electrons. The van der Waals surface area contributed by atoms with E-state index in [0.717, 1.165) is 22.4 Å². The standard InChI is InChI=1S/C15H15ClN2/c1-3-10(2)13-9-11(6-7-14(13)17)12-5-4-8-18-15(12)16/h3-10H,1,17H2,2H3. The molecule has 3 heteroatoms. The van der Waals surface area contributed by atoms with Crippen LogP contribution < -0.4 is 5.73 Å². The molecule has 1 unspecified atom stereocenters. The number of pyridine rings is 1. The zero-order chi connectivity index (χ0) is 13.1. The van der Waals surface area contributed by atoms with Gasteiger partial charge in [-0.25, -0.2) is 4.98 Å². The molecule has 0 amide bonds. The largest absolute Gasteiger partial charge is 0.398 e. The summed E-state index contributed by atoms with van der Waals surface area (Å²) in [6, 6.07) is 9.72. The monoisotopic (exact) mass is 258 g/mol. The van der Waals surface area contributed by atoms with Gasteiger partial charge in [-0.3, -0.25) is 0 Å². The van der Waals surface area contributed by atoms with E-state index < -0.39 is 0 Å². The lowest BCUT2D eigenvalue weighted by Gasteiger charge is -2.13. The fraction of sp³-hybridized carbons (Fsp3) is 0.133. The molecule has 18 heavy (non-hydrogen) atoms. The number of halogens is 1. The van der Waals surface area contributed by atoms with Crippen LogP contribution in [0.1, 0.15) is 18.4 Å². The van der Waals surface area contributed by atoms with Gasteiger partial charge in [0.1, 0.15) is 5.15 Å². The second kappa shape index (κ2) is 5.23. The Morgan fingerprint density at radius 3 is 2.83 bits per heavy atom. The van der Waals surface area contributed by atoms with E-state index in [0.29, 0.717) is 5.15 Å². The Labute approximate surface area is 112 Å². The van der Waals surface area contributed by atoms with Crippen LogP contribution in [0.3, 0.4) is 0 Å². The molecule has 2 aromatic rings. The first-order valence-electron chi connectivity index (χ1n) is 5.76. The number of allylic oxidation sites excluding steroid dienone is 1. The van der Waals surface area contributed by atoms with E-state index in [1.54, 1.807) is 6.20 Å². The Kier molecular flexibility index (Phi) is 3.68. The number of hydrogen-bond acceptors (Lipinski definition) is 2. The third-order valence-electron chi connectivity index (χ3n) is 3.00. The Balaban J connectivity index is 2.54. The highest BCUT2D eigenvalue weighted by Crippen LogP contribution is 2.31. The third kappa shape index (κ3) is 2.39. The van der Waals surface area contributed by atoms with E-state index in [9.17, 15) is 0 Å². The summed E-state index contributed by atoms with van der Waals surface area (Å²) in [5.41, 5.74) is 9.75. The molecule has 0 radical (unpaired) electrons. The Morgan fingerprint density at radius 2 is 2.17 bits per heavy atom. The van der Waals surface area contributed by atoms with Gasteiger partial charge in [-0.2, -0.15) is 0 Å². The SMILES string of the molecule is C=CC(C)c1cc(-c2cccnc2Cl)ccc1N. The lowest BCUT2D eigenvalue weighted by atomic mass is 9.95. The number of anilines is 1. The van der Waals surface area contributed by atoms with Gasteiger partial charge in [-0.15, -0.1) is 6.58 Å². The van der Waals surface area contributed by atoms with Gasteiger partial charge in [0, 0.05) is 23.4 Å². The van der Waals surface area contributed by atoms with E-state index >= 15 is 0 Å². The highest BCUT2D eigenvalue weighted by atomic mass is 35.5. The summed E-state index contributed by atoms with van der Waals surface area (Å²) in [4.78, 5) is 4.09. The van der Waals surface area contributed by atoms with Crippen LogP contribution in [-0.4, -0.2) is 4.98 Å². The van der Waals surface area contributed by atoms with Crippen LogP contribution in [0, 0.1) is 0 Å². The highest BCUT2D eigenvalue weighted by Gasteiger charge is 2.09. The summed E-state index contributed by atoms with van der Waals surface area (Å²) < 4.78 is 0. The minimum Gasteiger partial charge on any atom is -0.398 e. The first-order valence-corrected chi connectivity index (χ1v) is 6.14. The third-order valence-corrected chi connectivity index (χ3v) is 3.30. The Morgan fingerprint density at radius 1 is 1.39 bits per heavy atom. The molecular formula is C15H15ClN2. The number of nitrogen functional groups attached to an aromatic ring is 1. The van der Waals surface area contributed by atoms with Crippen molar-refractivity contribution >= 4 is 17.3 Å². The van der Waals surface area contributed by atoms with E-state index in [1.807, 2.05) is 36.4 Å². The maximum Gasteiger partial charge on any atom is 0.136 e. The van der Waals surface area contributed by atoms with Crippen molar-refractivity contribution in [1.29, 1.82) is 0 Å². The van der Waals surface area contributed by atoms with Gasteiger partial charge in [-0.1, -0.05) is 30.7 Å². The molecule has 2 rings (SSSR count). The van der Waals surface area contributed by atoms with E-state index in [2.05, 4.69) is 18.5 Å². The fourth-order valence-electron chi connectivity index (χ4n) is 1.86. The molecule has 0 aliphatic carbocycles. The van der Waals surface area contributed by atoms with Crippen LogP contribution in [-0.2, 0) is 0 Å². The summed E-state index contributed by atoms with van der Waals surface area (Å²) in [5, 5.41) is 0.500. The zero-order valence-corrected chi connectivity index (χ0v) is 11.0. The molecule has 2 nitrogen and oxygen atoms in total. The van der Waals surface area contributed by atoms with E-state index in [-0.39, 0.29) is 5.92 Å². The van der Waals surface area contributed by atoms with Crippen LogP contribution in [0.25, 0.3) is 11.1 Å². The van der Waals surface area contributed by atoms with Crippen molar-refractivity contribution in [2.24, 2.45) is 0 Å². The lowest BCUT2D eigenvalue weighted by molar-refractivity contribution is 0.975. The molecule has 0 bridgehead atoms. The predicted molar refractivity (Wildman–Crippen MR) is 77.7 cm³/mol. The molecule has 0 fully saturated rings. The van der Waals surface area contributed by atoms with Crippen LogP contribution in [0.2, 0.25) is 5.15 Å². The van der Waals surface area contributed by atoms with Crippen molar-refractivity contribution in [2.45, 2.75) is 12.8 Å². The highest BCUT2D eigenvalue weighted by molar-refractivity contribution is 6.32. The van der Waals surface area contributed by atoms with Crippen molar-refractivity contribution in [3.8, 4) is 11.1 Å². The molecule has 0 aliphatic rings. The number of nitrogens with zero attached hydrogens (tertiary/aromatic N) is 1. The normalized spacial score (nSPS) is 12.1. The quantitative estimate of drug-likeness (QED) is 0.507. The van der Waals surface area contributed by atoms with Gasteiger partial charge in [0.15, 0.2) is 0 Å². The maximum atomic E-state index is 6.10. The molecule has 1 aromatic carbocycles. The number of rotatable bonds is 3. The second-order valence-electron chi connectivity index (χ2n) is 4.21. The van der Waals surface area contributed by atoms with Crippen molar-refractivity contribution in [3.05, 3.63) is 59.9 Å². The summed E-state index contributed by atoms with van der Waals surface area (Å²) in [6.45, 7) is 5.87. The first kappa shape index (κ1) is 12.7. The van der Waals surface area contributed by atoms with Crippen LogP contribution in [0.4, 0.5) is 5.69 Å². The van der Waals surface area contributed by atoms with Gasteiger partial charge < -0.3 is 5.73 Å². The molecule has 1 heterocycles. The topological polar surface area (TPSA) is 38.9 Å². The Bertz CT molecular complexity index is 578. The van der Waals surface area contributed by atoms with Crippen LogP contribution in [0.15, 0.2) is 49.2 Å². The van der Waals surface area contributed by atoms with Gasteiger partial charge in [0.2, 0.25) is 0 Å². The molecule has 0 saturated heterocycles. The van der Waals surface area contributed by atoms with Gasteiger partial charge in [-0.05, 0) is 35.4 Å². The van der Waals surface area contributed by atoms with Gasteiger partial charge in [0.05, 0.1) is 0 Å². The van der Waals surface area contributed by atoms with Crippen molar-refractivity contribution in [1.82, 2.24) is 4.98 Å². The van der Waals surface area contributed by atoms with Crippen LogP contribution >= 0.6 is 11.6 Å².